The molecule has 2 aliphatic carbocycles. The van der Waals surface area contributed by atoms with Crippen LogP contribution < -0.4 is 4.90 Å². The Hall–Kier alpha value is -3.18. The van der Waals surface area contributed by atoms with Crippen molar-refractivity contribution >= 4 is 34.8 Å². The van der Waals surface area contributed by atoms with Crippen LogP contribution >= 0.6 is 11.6 Å². The van der Waals surface area contributed by atoms with E-state index in [1.807, 2.05) is 57.2 Å². The van der Waals surface area contributed by atoms with E-state index in [-0.39, 0.29) is 30.0 Å². The number of hydrogen-bond acceptors (Lipinski definition) is 5. The van der Waals surface area contributed by atoms with E-state index >= 15 is 0 Å². The highest BCUT2D eigenvalue weighted by atomic mass is 35.5. The zero-order valence-corrected chi connectivity index (χ0v) is 24.0. The van der Waals surface area contributed by atoms with Crippen molar-refractivity contribution < 1.29 is 19.1 Å². The summed E-state index contributed by atoms with van der Waals surface area (Å²) in [6.07, 6.45) is 6.45. The highest BCUT2D eigenvalue weighted by Crippen LogP contribution is 2.48. The van der Waals surface area contributed by atoms with Crippen molar-refractivity contribution in [2.24, 2.45) is 0 Å². The van der Waals surface area contributed by atoms with Crippen molar-refractivity contribution in [3.05, 3.63) is 86.5 Å². The summed E-state index contributed by atoms with van der Waals surface area (Å²) in [5, 5.41) is 0.533. The SMILES string of the molecule is CCN(c1cc(Cl)cc(C(=O)CCC2=C(C)C=C(C)CC2=O)c1C)C1CCC2(CC1)OC(=O)c1ccccc12. The van der Waals surface area contributed by atoms with Crippen LogP contribution in [0.1, 0.15) is 97.6 Å². The van der Waals surface area contributed by atoms with E-state index in [2.05, 4.69) is 11.8 Å². The molecule has 5 nitrogen and oxygen atoms in total. The van der Waals surface area contributed by atoms with Crippen LogP contribution in [-0.2, 0) is 15.1 Å². The maximum Gasteiger partial charge on any atom is 0.339 e. The third kappa shape index (κ3) is 5.09. The molecule has 2 aromatic rings. The maximum absolute atomic E-state index is 13.4. The molecule has 1 saturated carbocycles. The Morgan fingerprint density at radius 3 is 2.51 bits per heavy atom. The van der Waals surface area contributed by atoms with Gasteiger partial charge in [0.25, 0.3) is 0 Å². The second-order valence-corrected chi connectivity index (χ2v) is 11.7. The minimum atomic E-state index is -0.537. The van der Waals surface area contributed by atoms with Crippen molar-refractivity contribution in [1.82, 2.24) is 0 Å². The zero-order valence-electron chi connectivity index (χ0n) is 23.2. The van der Waals surface area contributed by atoms with Gasteiger partial charge >= 0.3 is 5.97 Å². The van der Waals surface area contributed by atoms with Gasteiger partial charge in [0.2, 0.25) is 0 Å². The molecule has 1 aliphatic heterocycles. The van der Waals surface area contributed by atoms with E-state index in [1.54, 1.807) is 6.07 Å². The Morgan fingerprint density at radius 2 is 1.82 bits per heavy atom. The van der Waals surface area contributed by atoms with Crippen LogP contribution in [0.25, 0.3) is 0 Å². The van der Waals surface area contributed by atoms with Crippen LogP contribution in [0, 0.1) is 6.92 Å². The summed E-state index contributed by atoms with van der Waals surface area (Å²) in [6.45, 7) is 8.79. The van der Waals surface area contributed by atoms with Crippen molar-refractivity contribution in [3.63, 3.8) is 0 Å². The summed E-state index contributed by atoms with van der Waals surface area (Å²) >= 11 is 6.58. The molecule has 1 spiro atoms. The van der Waals surface area contributed by atoms with Crippen molar-refractivity contribution in [3.8, 4) is 0 Å². The van der Waals surface area contributed by atoms with E-state index in [9.17, 15) is 14.4 Å². The molecule has 0 unspecified atom stereocenters. The van der Waals surface area contributed by atoms with Crippen LogP contribution in [0.3, 0.4) is 0 Å². The molecule has 0 atom stereocenters. The third-order valence-electron chi connectivity index (χ3n) is 8.74. The molecule has 3 aliphatic rings. The number of esters is 1. The van der Waals surface area contributed by atoms with Crippen molar-refractivity contribution in [2.75, 3.05) is 11.4 Å². The fourth-order valence-corrected chi connectivity index (χ4v) is 6.99. The number of carbonyl (C=O) groups excluding carboxylic acids is 3. The standard InChI is InChI=1S/C33H36ClNO4/c1-5-35(24-12-14-33(15-13-24)28-9-7-6-8-26(28)32(38)39-33)29-19-23(34)18-27(22(29)4)30(36)11-10-25-21(3)16-20(2)17-31(25)37/h6-9,16,18-19,24H,5,10-15,17H2,1-4H3. The van der Waals surface area contributed by atoms with Gasteiger partial charge in [-0.15, -0.1) is 0 Å². The lowest BCUT2D eigenvalue weighted by atomic mass is 9.77. The third-order valence-corrected chi connectivity index (χ3v) is 8.96. The Labute approximate surface area is 235 Å². The number of hydrogen-bond donors (Lipinski definition) is 0. The van der Waals surface area contributed by atoms with E-state index in [1.165, 1.54) is 0 Å². The number of benzene rings is 2. The van der Waals surface area contributed by atoms with Crippen molar-refractivity contribution in [2.45, 2.75) is 84.3 Å². The summed E-state index contributed by atoms with van der Waals surface area (Å²) < 4.78 is 5.96. The second-order valence-electron chi connectivity index (χ2n) is 11.2. The largest absolute Gasteiger partial charge is 0.451 e. The minimum absolute atomic E-state index is 0.00347. The Bertz CT molecular complexity index is 1410. The normalized spacial score (nSPS) is 22.6. The van der Waals surface area contributed by atoms with Gasteiger partial charge in [-0.2, -0.15) is 0 Å². The average molecular weight is 546 g/mol. The van der Waals surface area contributed by atoms with E-state index in [0.29, 0.717) is 29.0 Å². The molecule has 0 saturated heterocycles. The van der Waals surface area contributed by atoms with Crippen molar-refractivity contribution in [1.29, 1.82) is 0 Å². The first kappa shape index (κ1) is 27.4. The molecule has 0 amide bonds. The number of halogens is 1. The first-order chi connectivity index (χ1) is 18.6. The number of ether oxygens (including phenoxy) is 1. The lowest BCUT2D eigenvalue weighted by Crippen LogP contribution is -2.43. The molecule has 0 radical (unpaired) electrons. The highest BCUT2D eigenvalue weighted by Gasteiger charge is 2.48. The van der Waals surface area contributed by atoms with Gasteiger partial charge in [0.15, 0.2) is 11.6 Å². The monoisotopic (exact) mass is 545 g/mol. The van der Waals surface area contributed by atoms with Crippen LogP contribution in [-0.4, -0.2) is 30.1 Å². The molecule has 2 aromatic carbocycles. The predicted molar refractivity (Wildman–Crippen MR) is 155 cm³/mol. The molecule has 1 heterocycles. The van der Waals surface area contributed by atoms with E-state index in [0.717, 1.165) is 65.8 Å². The fourth-order valence-electron chi connectivity index (χ4n) is 6.77. The lowest BCUT2D eigenvalue weighted by molar-refractivity contribution is -0.115. The number of Topliss-reactive ketones (excluding diaryl/α,β-unsaturated/α-hetero) is 2. The van der Waals surface area contributed by atoms with E-state index in [4.69, 9.17) is 16.3 Å². The smallest absolute Gasteiger partial charge is 0.339 e. The highest BCUT2D eigenvalue weighted by molar-refractivity contribution is 6.31. The van der Waals surface area contributed by atoms with Crippen LogP contribution in [0.2, 0.25) is 5.02 Å². The van der Waals surface area contributed by atoms with Crippen LogP contribution in [0.15, 0.2) is 59.2 Å². The number of fused-ring (bicyclic) bond motifs is 2. The topological polar surface area (TPSA) is 63.7 Å². The molecule has 5 rings (SSSR count). The molecule has 6 heteroatoms. The van der Waals surface area contributed by atoms with Gasteiger partial charge in [-0.05, 0) is 94.7 Å². The van der Waals surface area contributed by atoms with Gasteiger partial charge in [-0.3, -0.25) is 9.59 Å². The summed E-state index contributed by atoms with van der Waals surface area (Å²) in [7, 11) is 0. The summed E-state index contributed by atoms with van der Waals surface area (Å²) in [6, 6.07) is 11.7. The molecule has 0 bridgehead atoms. The van der Waals surface area contributed by atoms with Gasteiger partial charge in [-0.1, -0.05) is 41.4 Å². The Balaban J connectivity index is 1.34. The zero-order chi connectivity index (χ0) is 27.9. The molecular formula is C33H36ClNO4. The number of ketones is 2. The lowest BCUT2D eigenvalue weighted by Gasteiger charge is -2.42. The van der Waals surface area contributed by atoms with Gasteiger partial charge in [0.1, 0.15) is 5.60 Å². The molecular weight excluding hydrogens is 510 g/mol. The quantitative estimate of drug-likeness (QED) is 0.264. The van der Waals surface area contributed by atoms with Gasteiger partial charge in [0, 0.05) is 47.3 Å². The minimum Gasteiger partial charge on any atom is -0.451 e. The number of nitrogens with zero attached hydrogens (tertiary/aromatic N) is 1. The van der Waals surface area contributed by atoms with Gasteiger partial charge in [-0.25, -0.2) is 4.79 Å². The number of allylic oxidation sites excluding steroid dienone is 4. The summed E-state index contributed by atoms with van der Waals surface area (Å²) in [4.78, 5) is 40.8. The predicted octanol–water partition coefficient (Wildman–Crippen LogP) is 7.68. The maximum atomic E-state index is 13.4. The first-order valence-electron chi connectivity index (χ1n) is 14.0. The number of anilines is 1. The van der Waals surface area contributed by atoms with Gasteiger partial charge in [0.05, 0.1) is 5.56 Å². The van der Waals surface area contributed by atoms with E-state index < -0.39 is 5.60 Å². The number of carbonyl (C=O) groups is 3. The summed E-state index contributed by atoms with van der Waals surface area (Å²) in [5.74, 6) is -0.104. The first-order valence-corrected chi connectivity index (χ1v) is 14.3. The molecule has 0 aromatic heterocycles. The molecule has 204 valence electrons. The summed E-state index contributed by atoms with van der Waals surface area (Å²) in [5.41, 5.74) is 6.45. The fraction of sp³-hybridized carbons (Fsp3) is 0.424. The Kier molecular flexibility index (Phi) is 7.56. The molecule has 0 N–H and O–H groups in total. The molecule has 39 heavy (non-hydrogen) atoms. The number of rotatable bonds is 7. The molecule has 1 fully saturated rings. The van der Waals surface area contributed by atoms with Crippen LogP contribution in [0.4, 0.5) is 5.69 Å². The Morgan fingerprint density at radius 1 is 1.10 bits per heavy atom. The average Bonchev–Trinajstić information content (AvgIpc) is 3.17. The van der Waals surface area contributed by atoms with Crippen LogP contribution in [0.5, 0.6) is 0 Å². The van der Waals surface area contributed by atoms with Gasteiger partial charge < -0.3 is 9.64 Å². The second kappa shape index (κ2) is 10.8.